The fraction of sp³-hybridized carbons (Fsp3) is 0.419. The van der Waals surface area contributed by atoms with E-state index in [2.05, 4.69) is 244 Å². The highest BCUT2D eigenvalue weighted by Crippen LogP contribution is 2.62. The third-order valence-corrected chi connectivity index (χ3v) is 17.9. The Morgan fingerprint density at radius 3 is 1.60 bits per heavy atom. The molecular weight excluding hydrogens is 759 g/mol. The zero-order valence-corrected chi connectivity index (χ0v) is 42.5. The molecule has 0 spiro atoms. The van der Waals surface area contributed by atoms with Crippen LogP contribution in [0.25, 0.3) is 49.7 Å². The lowest BCUT2D eigenvalue weighted by atomic mass is 9.53. The van der Waals surface area contributed by atoms with Crippen LogP contribution < -0.4 is 0 Å². The van der Waals surface area contributed by atoms with Crippen molar-refractivity contribution in [3.05, 3.63) is 160 Å². The number of aryl methyl sites for hydroxylation is 2. The largest absolute Gasteiger partial charge is 0.309 e. The van der Waals surface area contributed by atoms with Crippen molar-refractivity contribution in [3.63, 3.8) is 0 Å². The molecule has 0 saturated carbocycles. The van der Waals surface area contributed by atoms with Gasteiger partial charge in [-0.15, -0.1) is 0 Å². The first-order valence-corrected chi connectivity index (χ1v) is 23.8. The molecular formula is C62H77N. The summed E-state index contributed by atoms with van der Waals surface area (Å²) in [5, 5.41) is 2.70. The van der Waals surface area contributed by atoms with Crippen LogP contribution in [0, 0.1) is 30.1 Å². The smallest absolute Gasteiger partial charge is 0.0544 e. The van der Waals surface area contributed by atoms with Crippen molar-refractivity contribution in [2.75, 3.05) is 0 Å². The minimum absolute atomic E-state index is 0.0523. The maximum atomic E-state index is 2.49. The summed E-state index contributed by atoms with van der Waals surface area (Å²) < 4.78 is 2.43. The van der Waals surface area contributed by atoms with Crippen LogP contribution >= 0.6 is 0 Å². The van der Waals surface area contributed by atoms with E-state index in [0.717, 1.165) is 0 Å². The molecule has 1 aromatic heterocycles. The Labute approximate surface area is 382 Å². The Kier molecular flexibility index (Phi) is 11.3. The topological polar surface area (TPSA) is 4.93 Å². The van der Waals surface area contributed by atoms with Crippen LogP contribution in [0.3, 0.4) is 0 Å². The van der Waals surface area contributed by atoms with E-state index in [1.165, 1.54) is 88.7 Å². The van der Waals surface area contributed by atoms with Crippen LogP contribution in [0.2, 0.25) is 0 Å². The fourth-order valence-electron chi connectivity index (χ4n) is 11.2. The number of hydrogen-bond donors (Lipinski definition) is 0. The van der Waals surface area contributed by atoms with Crippen molar-refractivity contribution in [3.8, 4) is 27.9 Å². The number of aromatic nitrogens is 1. The molecule has 330 valence electrons. The van der Waals surface area contributed by atoms with Crippen molar-refractivity contribution in [2.24, 2.45) is 16.2 Å². The molecule has 6 aromatic carbocycles. The van der Waals surface area contributed by atoms with Crippen molar-refractivity contribution < 1.29 is 0 Å². The second-order valence-electron chi connectivity index (χ2n) is 22.9. The van der Waals surface area contributed by atoms with Gasteiger partial charge in [-0.05, 0) is 144 Å². The average Bonchev–Trinajstić information content (AvgIpc) is 3.71. The van der Waals surface area contributed by atoms with Gasteiger partial charge in [-0.2, -0.15) is 0 Å². The molecule has 0 radical (unpaired) electrons. The summed E-state index contributed by atoms with van der Waals surface area (Å²) in [7, 11) is 0. The van der Waals surface area contributed by atoms with Gasteiger partial charge in [-0.25, -0.2) is 0 Å². The molecule has 0 aliphatic heterocycles. The second kappa shape index (κ2) is 15.4. The Morgan fingerprint density at radius 2 is 0.984 bits per heavy atom. The Balaban J connectivity index is 0.000000184. The van der Waals surface area contributed by atoms with Gasteiger partial charge in [0.05, 0.1) is 11.0 Å². The molecule has 0 atom stereocenters. The highest BCUT2D eigenvalue weighted by Gasteiger charge is 2.57. The molecule has 0 fully saturated rings. The summed E-state index contributed by atoms with van der Waals surface area (Å²) in [6.45, 7) is 44.6. The highest BCUT2D eigenvalue weighted by molar-refractivity contribution is 6.10. The Morgan fingerprint density at radius 1 is 0.429 bits per heavy atom. The van der Waals surface area contributed by atoms with E-state index >= 15 is 0 Å². The summed E-state index contributed by atoms with van der Waals surface area (Å²) in [6.07, 6.45) is 0. The molecule has 0 N–H and O–H groups in total. The van der Waals surface area contributed by atoms with Crippen LogP contribution in [-0.2, 0) is 21.7 Å². The maximum absolute atomic E-state index is 2.49. The molecule has 0 amide bonds. The number of nitrogens with zero attached hydrogens (tertiary/aromatic N) is 1. The molecule has 2 aliphatic rings. The van der Waals surface area contributed by atoms with Gasteiger partial charge >= 0.3 is 0 Å². The number of fused-ring (bicyclic) bond motifs is 7. The van der Waals surface area contributed by atoms with Gasteiger partial charge in [-0.1, -0.05) is 203 Å². The summed E-state index contributed by atoms with van der Waals surface area (Å²) in [4.78, 5) is 0. The third kappa shape index (κ3) is 6.77. The lowest BCUT2D eigenvalue weighted by Crippen LogP contribution is -2.45. The molecule has 1 nitrogen and oxygen atoms in total. The maximum Gasteiger partial charge on any atom is 0.0544 e. The molecule has 63 heavy (non-hydrogen) atoms. The van der Waals surface area contributed by atoms with Crippen LogP contribution in [0.4, 0.5) is 0 Å². The van der Waals surface area contributed by atoms with Crippen molar-refractivity contribution in [2.45, 2.75) is 153 Å². The van der Waals surface area contributed by atoms with E-state index in [-0.39, 0.29) is 37.9 Å². The van der Waals surface area contributed by atoms with Crippen LogP contribution in [-0.4, -0.2) is 4.57 Å². The second-order valence-corrected chi connectivity index (χ2v) is 22.9. The van der Waals surface area contributed by atoms with Gasteiger partial charge in [0.1, 0.15) is 0 Å². The fourth-order valence-corrected chi connectivity index (χ4v) is 11.2. The predicted molar refractivity (Wildman–Crippen MR) is 277 cm³/mol. The van der Waals surface area contributed by atoms with Crippen molar-refractivity contribution >= 4 is 21.8 Å². The average molecular weight is 836 g/mol. The third-order valence-electron chi connectivity index (χ3n) is 17.9. The van der Waals surface area contributed by atoms with E-state index in [4.69, 9.17) is 0 Å². The summed E-state index contributed by atoms with van der Waals surface area (Å²) in [5.74, 6) is 0. The molecule has 0 saturated heterocycles. The van der Waals surface area contributed by atoms with Gasteiger partial charge < -0.3 is 4.57 Å². The van der Waals surface area contributed by atoms with E-state index in [1.54, 1.807) is 0 Å². The lowest BCUT2D eigenvalue weighted by Gasteiger charge is -2.51. The molecule has 1 heterocycles. The predicted octanol–water partition coefficient (Wildman–Crippen LogP) is 18.0. The normalized spacial score (nSPS) is 16.7. The van der Waals surface area contributed by atoms with Gasteiger partial charge in [0, 0.05) is 21.9 Å². The quantitative estimate of drug-likeness (QED) is 0.166. The summed E-state index contributed by atoms with van der Waals surface area (Å²) in [6, 6.07) is 45.5. The monoisotopic (exact) mass is 836 g/mol. The van der Waals surface area contributed by atoms with Gasteiger partial charge in [-0.3, -0.25) is 0 Å². The molecule has 2 aliphatic carbocycles. The van der Waals surface area contributed by atoms with Crippen molar-refractivity contribution in [1.82, 2.24) is 4.57 Å². The minimum Gasteiger partial charge on any atom is -0.309 e. The minimum atomic E-state index is 0.0523. The molecule has 0 unspecified atom stereocenters. The first-order chi connectivity index (χ1) is 29.3. The lowest BCUT2D eigenvalue weighted by molar-refractivity contribution is 0.0455. The molecule has 0 bridgehead atoms. The first-order valence-electron chi connectivity index (χ1n) is 23.8. The van der Waals surface area contributed by atoms with Crippen LogP contribution in [0.1, 0.15) is 157 Å². The zero-order chi connectivity index (χ0) is 46.5. The summed E-state index contributed by atoms with van der Waals surface area (Å²) >= 11 is 0. The van der Waals surface area contributed by atoms with E-state index in [9.17, 15) is 0 Å². The van der Waals surface area contributed by atoms with E-state index in [0.29, 0.717) is 0 Å². The van der Waals surface area contributed by atoms with Gasteiger partial charge in [0.25, 0.3) is 0 Å². The Hall–Kier alpha value is -4.88. The SMILES string of the molecule is CC.CC1(C)c2cc3c4ccccc4n(-c4ccccc4)c3cc2C(C)(C)C1(C)C.Cc1cc(C(C)(C)C(C)(C)C(C)(C)C)ccc1-c1cc2c(cc1C)C(C)(C)c1ccccc1-2. The summed E-state index contributed by atoms with van der Waals surface area (Å²) in [5.41, 5.74) is 20.2. The van der Waals surface area contributed by atoms with Crippen LogP contribution in [0.15, 0.2) is 121 Å². The molecule has 9 rings (SSSR count). The van der Waals surface area contributed by atoms with Gasteiger partial charge in [0.2, 0.25) is 0 Å². The van der Waals surface area contributed by atoms with Crippen LogP contribution in [0.5, 0.6) is 0 Å². The van der Waals surface area contributed by atoms with E-state index in [1.807, 2.05) is 13.8 Å². The first kappa shape index (κ1) is 46.1. The van der Waals surface area contributed by atoms with Gasteiger partial charge in [0.15, 0.2) is 0 Å². The number of para-hydroxylation sites is 2. The van der Waals surface area contributed by atoms with Crippen molar-refractivity contribution in [1.29, 1.82) is 0 Å². The number of benzene rings is 6. The molecule has 1 heteroatoms. The highest BCUT2D eigenvalue weighted by atomic mass is 15.0. The van der Waals surface area contributed by atoms with E-state index < -0.39 is 0 Å². The Bertz CT molecular complexity index is 2840. The zero-order valence-electron chi connectivity index (χ0n) is 42.5. The standard InChI is InChI=1S/C33H42.C27H29N.C2H6/c1-21-18-23(32(8,9)33(10,11)30(3,4)5)16-17-24(21)26-20-27-25-14-12-13-15-28(25)31(6,7)29(27)19-22(26)2;1-25(2)21-16-20-19-14-10-11-15-23(19)28(18-12-8-7-9-13-18)24(20)17-22(21)26(3,4)27(25,5)6;1-2/h12-20H,1-11H3;7-17H,1-6H3;1-2H3. The molecule has 7 aromatic rings. The number of hydrogen-bond acceptors (Lipinski definition) is 0. The number of rotatable bonds is 4.